The lowest BCUT2D eigenvalue weighted by atomic mass is 9.97. The van der Waals surface area contributed by atoms with E-state index in [1.165, 1.54) is 27.7 Å². The molecule has 1 N–H and O–H groups in total. The van der Waals surface area contributed by atoms with Crippen molar-refractivity contribution in [2.75, 3.05) is 19.8 Å². The Morgan fingerprint density at radius 2 is 1.51 bits per heavy atom. The highest BCUT2D eigenvalue weighted by molar-refractivity contribution is 8.00. The molecule has 13 nitrogen and oxygen atoms in total. The zero-order chi connectivity index (χ0) is 37.1. The topological polar surface area (TPSA) is 162 Å². The number of thioether (sulfide) groups is 1. The number of aromatic nitrogens is 2. The van der Waals surface area contributed by atoms with Crippen molar-refractivity contribution in [2.24, 2.45) is 0 Å². The quantitative estimate of drug-likeness (QED) is 0.117. The molecule has 5 atom stereocenters. The number of hydrogen-bond acceptors (Lipinski definition) is 13. The fourth-order valence-corrected chi connectivity index (χ4v) is 7.00. The molecule has 1 aliphatic heterocycles. The summed E-state index contributed by atoms with van der Waals surface area (Å²) in [6, 6.07) is 15.8. The molecule has 0 radical (unpaired) electrons. The van der Waals surface area contributed by atoms with Crippen LogP contribution in [0.5, 0.6) is 11.6 Å². The molecule has 0 bridgehead atoms. The van der Waals surface area contributed by atoms with Gasteiger partial charge in [0.25, 0.3) is 0 Å². The molecule has 1 aromatic heterocycles. The number of rotatable bonds is 16. The average molecular weight is 727 g/mol. The molecule has 0 saturated carbocycles. The molecule has 0 spiro atoms. The van der Waals surface area contributed by atoms with Gasteiger partial charge in [-0.25, -0.2) is 0 Å². The van der Waals surface area contributed by atoms with Gasteiger partial charge in [-0.1, -0.05) is 50.2 Å². The lowest BCUT2D eigenvalue weighted by molar-refractivity contribution is -0.190. The standard InChI is InChI=1S/C37H46N2O11S/c1-21(2)32-30(18-28-13-14-29(17-22(28)3)45-16-15-44-19-27-11-9-8-10-12-27)36(39-38-32)50-37-35(49-26(7)43)34(48-25(6)42)33(47-24(5)41)31(51-37)20-46-23(4)40/h8-14,17,21,31,33-35,37H,15-16,18-20H2,1-7H3,(H,38,39)/t31-,33-,34+,35-,37-/m1/s1. The Kier molecular flexibility index (Phi) is 14.3. The summed E-state index contributed by atoms with van der Waals surface area (Å²) in [4.78, 5) is 48.5. The summed E-state index contributed by atoms with van der Waals surface area (Å²) in [6.45, 7) is 12.1. The van der Waals surface area contributed by atoms with Gasteiger partial charge in [-0.3, -0.25) is 24.3 Å². The van der Waals surface area contributed by atoms with Crippen LogP contribution in [0.2, 0.25) is 0 Å². The van der Waals surface area contributed by atoms with E-state index in [2.05, 4.69) is 10.2 Å². The molecule has 3 aromatic rings. The summed E-state index contributed by atoms with van der Waals surface area (Å²) in [5, 5.41) is 6.85. The highest BCUT2D eigenvalue weighted by atomic mass is 32.2. The smallest absolute Gasteiger partial charge is 0.303 e. The van der Waals surface area contributed by atoms with E-state index in [0.29, 0.717) is 32.0 Å². The van der Waals surface area contributed by atoms with E-state index < -0.39 is 52.9 Å². The Hall–Kier alpha value is -4.56. The maximum atomic E-state index is 12.3. The minimum Gasteiger partial charge on any atom is -0.491 e. The van der Waals surface area contributed by atoms with Gasteiger partial charge in [0, 0.05) is 45.4 Å². The third-order valence-electron chi connectivity index (χ3n) is 7.90. The number of H-pyrrole nitrogens is 1. The molecule has 4 rings (SSSR count). The van der Waals surface area contributed by atoms with E-state index in [9.17, 15) is 19.2 Å². The number of nitrogens with zero attached hydrogens (tertiary/aromatic N) is 1. The minimum atomic E-state index is -1.27. The molecule has 1 saturated heterocycles. The van der Waals surface area contributed by atoms with Gasteiger partial charge in [0.05, 0.1) is 18.5 Å². The van der Waals surface area contributed by atoms with Crippen LogP contribution in [-0.2, 0) is 55.9 Å². The fourth-order valence-electron chi connectivity index (χ4n) is 5.63. The third kappa shape index (κ3) is 11.5. The third-order valence-corrected chi connectivity index (χ3v) is 9.29. The van der Waals surface area contributed by atoms with Crippen molar-refractivity contribution in [2.45, 2.75) is 96.4 Å². The highest BCUT2D eigenvalue weighted by Crippen LogP contribution is 2.40. The second-order valence-electron chi connectivity index (χ2n) is 12.4. The zero-order valence-corrected chi connectivity index (χ0v) is 30.8. The largest absolute Gasteiger partial charge is 0.491 e. The maximum Gasteiger partial charge on any atom is 0.303 e. The first-order valence-corrected chi connectivity index (χ1v) is 17.6. The number of benzene rings is 2. The number of carbonyl (C=O) groups excluding carboxylic acids is 4. The Labute approximate surface area is 302 Å². The number of aromatic amines is 1. The van der Waals surface area contributed by atoms with Crippen LogP contribution < -0.4 is 9.47 Å². The van der Waals surface area contributed by atoms with E-state index in [4.69, 9.17) is 33.2 Å². The Bertz CT molecular complexity index is 1640. The van der Waals surface area contributed by atoms with Gasteiger partial charge < -0.3 is 33.2 Å². The van der Waals surface area contributed by atoms with Gasteiger partial charge in [-0.05, 0) is 41.7 Å². The van der Waals surface area contributed by atoms with Crippen molar-refractivity contribution in [1.29, 1.82) is 0 Å². The van der Waals surface area contributed by atoms with Crippen LogP contribution in [0, 0.1) is 6.92 Å². The summed E-state index contributed by atoms with van der Waals surface area (Å²) in [7, 11) is 0. The predicted octanol–water partition coefficient (Wildman–Crippen LogP) is 5.21. The number of esters is 4. The van der Waals surface area contributed by atoms with Crippen LogP contribution in [0.1, 0.15) is 75.4 Å². The average Bonchev–Trinajstić information content (AvgIpc) is 3.45. The van der Waals surface area contributed by atoms with Crippen LogP contribution in [0.3, 0.4) is 0 Å². The lowest BCUT2D eigenvalue weighted by Gasteiger charge is -2.43. The molecule has 2 heterocycles. The molecule has 276 valence electrons. The van der Waals surface area contributed by atoms with E-state index in [0.717, 1.165) is 39.7 Å². The number of ether oxygens (including phenoxy) is 7. The summed E-state index contributed by atoms with van der Waals surface area (Å²) in [5.74, 6) is -1.57. The van der Waals surface area contributed by atoms with E-state index >= 15 is 0 Å². The minimum absolute atomic E-state index is 0.0470. The Morgan fingerprint density at radius 1 is 0.843 bits per heavy atom. The second-order valence-corrected chi connectivity index (χ2v) is 13.8. The van der Waals surface area contributed by atoms with Crippen LogP contribution in [0.4, 0.5) is 0 Å². The number of aryl methyl sites for hydroxylation is 1. The Morgan fingerprint density at radius 3 is 2.14 bits per heavy atom. The van der Waals surface area contributed by atoms with E-state index in [1.54, 1.807) is 0 Å². The van der Waals surface area contributed by atoms with Crippen molar-refractivity contribution in [3.8, 4) is 11.6 Å². The van der Waals surface area contributed by atoms with Gasteiger partial charge in [0.2, 0.25) is 5.88 Å². The molecule has 14 heteroatoms. The summed E-state index contributed by atoms with van der Waals surface area (Å²) in [6.07, 6.45) is -3.16. The van der Waals surface area contributed by atoms with Crippen molar-refractivity contribution < 1.29 is 52.3 Å². The van der Waals surface area contributed by atoms with Gasteiger partial charge in [0.1, 0.15) is 19.0 Å². The van der Waals surface area contributed by atoms with Crippen molar-refractivity contribution in [1.82, 2.24) is 10.2 Å². The molecule has 0 aliphatic carbocycles. The van der Waals surface area contributed by atoms with Crippen molar-refractivity contribution in [3.05, 3.63) is 76.5 Å². The van der Waals surface area contributed by atoms with Crippen LogP contribution in [-0.4, -0.2) is 82.9 Å². The normalized spacial score (nSPS) is 20.0. The van der Waals surface area contributed by atoms with Crippen LogP contribution in [0.25, 0.3) is 0 Å². The molecule has 1 aliphatic rings. The van der Waals surface area contributed by atoms with Crippen LogP contribution >= 0.6 is 11.8 Å². The monoisotopic (exact) mass is 726 g/mol. The molecule has 0 amide bonds. The summed E-state index contributed by atoms with van der Waals surface area (Å²) in [5.41, 5.74) is 3.71. The van der Waals surface area contributed by atoms with Crippen molar-refractivity contribution >= 4 is 35.6 Å². The van der Waals surface area contributed by atoms with Crippen molar-refractivity contribution in [3.63, 3.8) is 0 Å². The lowest BCUT2D eigenvalue weighted by Crippen LogP contribution is -2.59. The first-order valence-electron chi connectivity index (χ1n) is 16.7. The van der Waals surface area contributed by atoms with Gasteiger partial charge in [-0.15, -0.1) is 16.9 Å². The molecular weight excluding hydrogens is 680 g/mol. The Balaban J connectivity index is 1.56. The molecule has 2 aromatic carbocycles. The van der Waals surface area contributed by atoms with Crippen LogP contribution in [0.15, 0.2) is 48.5 Å². The number of carbonyl (C=O) groups is 4. The first kappa shape index (κ1) is 39.2. The SMILES string of the molecule is CC(=O)OC[C@H]1S[C@@H](Oc2n[nH]c(C(C)C)c2Cc2ccc(OCCOCc3ccccc3)cc2C)[C@H](OC(C)=O)[C@@H](OC(C)=O)[C@@H]1OC(C)=O. The predicted molar refractivity (Wildman–Crippen MR) is 187 cm³/mol. The molecular formula is C37H46N2O11S. The van der Waals surface area contributed by atoms with E-state index in [1.807, 2.05) is 69.3 Å². The summed E-state index contributed by atoms with van der Waals surface area (Å²) < 4.78 is 40.3. The zero-order valence-electron chi connectivity index (χ0n) is 30.0. The highest BCUT2D eigenvalue weighted by Gasteiger charge is 2.53. The second kappa shape index (κ2) is 18.6. The molecule has 51 heavy (non-hydrogen) atoms. The van der Waals surface area contributed by atoms with Gasteiger partial charge >= 0.3 is 23.9 Å². The molecule has 1 fully saturated rings. The number of hydrogen-bond donors (Lipinski definition) is 1. The fraction of sp³-hybridized carbons (Fsp3) is 0.486. The first-order chi connectivity index (χ1) is 24.3. The number of nitrogens with one attached hydrogen (secondary N) is 1. The van der Waals surface area contributed by atoms with E-state index in [-0.39, 0.29) is 18.4 Å². The van der Waals surface area contributed by atoms with Gasteiger partial charge in [0.15, 0.2) is 23.7 Å². The maximum absolute atomic E-state index is 12.3. The summed E-state index contributed by atoms with van der Waals surface area (Å²) >= 11 is 1.12. The molecule has 0 unspecified atom stereocenters. The van der Waals surface area contributed by atoms with Gasteiger partial charge in [-0.2, -0.15) is 0 Å².